The SMILES string of the molecule is CC(C)(C)NC(=O)C1CCN(Cc2nc(-c3ccc(Cl)cc3)no2)CC1. The molecule has 1 amide bonds. The Kier molecular flexibility index (Phi) is 5.63. The topological polar surface area (TPSA) is 71.3 Å². The Balaban J connectivity index is 1.52. The Labute approximate surface area is 158 Å². The lowest BCUT2D eigenvalue weighted by molar-refractivity contribution is -0.127. The highest BCUT2D eigenvalue weighted by Crippen LogP contribution is 2.22. The van der Waals surface area contributed by atoms with Gasteiger partial charge in [0.15, 0.2) is 0 Å². The van der Waals surface area contributed by atoms with Crippen molar-refractivity contribution in [2.75, 3.05) is 13.1 Å². The quantitative estimate of drug-likeness (QED) is 0.883. The minimum atomic E-state index is -0.184. The number of nitrogens with zero attached hydrogens (tertiary/aromatic N) is 3. The largest absolute Gasteiger partial charge is 0.351 e. The van der Waals surface area contributed by atoms with Crippen LogP contribution in [0.2, 0.25) is 5.02 Å². The average Bonchev–Trinajstić information content (AvgIpc) is 3.03. The van der Waals surface area contributed by atoms with Crippen molar-refractivity contribution >= 4 is 17.5 Å². The number of amides is 1. The minimum Gasteiger partial charge on any atom is -0.351 e. The van der Waals surface area contributed by atoms with Crippen LogP contribution in [0.15, 0.2) is 28.8 Å². The second kappa shape index (κ2) is 7.76. The molecule has 0 spiro atoms. The van der Waals surface area contributed by atoms with E-state index in [0.29, 0.717) is 23.3 Å². The Bertz CT molecular complexity index is 744. The van der Waals surface area contributed by atoms with Crippen molar-refractivity contribution in [2.24, 2.45) is 5.92 Å². The molecule has 1 aliphatic rings. The van der Waals surface area contributed by atoms with Gasteiger partial charge in [-0.15, -0.1) is 0 Å². The molecule has 0 bridgehead atoms. The second-order valence-electron chi connectivity index (χ2n) is 7.81. The van der Waals surface area contributed by atoms with Crippen molar-refractivity contribution in [1.29, 1.82) is 0 Å². The standard InChI is InChI=1S/C19H25ClN4O2/c1-19(2,3)22-18(25)14-8-10-24(11-9-14)12-16-21-17(23-26-16)13-4-6-15(20)7-5-13/h4-7,14H,8-12H2,1-3H3,(H,22,25). The summed E-state index contributed by atoms with van der Waals surface area (Å²) in [7, 11) is 0. The number of aromatic nitrogens is 2. The summed E-state index contributed by atoms with van der Waals surface area (Å²) < 4.78 is 5.38. The first-order chi connectivity index (χ1) is 12.3. The predicted molar refractivity (Wildman–Crippen MR) is 101 cm³/mol. The number of rotatable bonds is 4. The van der Waals surface area contributed by atoms with Crippen LogP contribution in [-0.4, -0.2) is 39.6 Å². The molecule has 3 rings (SSSR count). The maximum atomic E-state index is 12.3. The number of nitrogens with one attached hydrogen (secondary N) is 1. The van der Waals surface area contributed by atoms with Crippen LogP contribution in [0.5, 0.6) is 0 Å². The molecule has 0 aliphatic carbocycles. The van der Waals surface area contributed by atoms with Gasteiger partial charge in [-0.05, 0) is 71.0 Å². The second-order valence-corrected chi connectivity index (χ2v) is 8.24. The number of likely N-dealkylation sites (tertiary alicyclic amines) is 1. The average molecular weight is 377 g/mol. The zero-order chi connectivity index (χ0) is 18.7. The third-order valence-electron chi connectivity index (χ3n) is 4.39. The molecule has 1 saturated heterocycles. The van der Waals surface area contributed by atoms with Gasteiger partial charge in [-0.3, -0.25) is 9.69 Å². The summed E-state index contributed by atoms with van der Waals surface area (Å²) in [5, 5.41) is 7.79. The number of carbonyl (C=O) groups is 1. The molecule has 0 atom stereocenters. The summed E-state index contributed by atoms with van der Waals surface area (Å²) in [6.07, 6.45) is 1.69. The van der Waals surface area contributed by atoms with E-state index in [1.807, 2.05) is 32.9 Å². The van der Waals surface area contributed by atoms with Gasteiger partial charge in [0.25, 0.3) is 0 Å². The lowest BCUT2D eigenvalue weighted by Gasteiger charge is -2.32. The fourth-order valence-electron chi connectivity index (χ4n) is 3.05. The molecule has 1 aromatic carbocycles. The van der Waals surface area contributed by atoms with E-state index in [9.17, 15) is 4.79 Å². The van der Waals surface area contributed by atoms with E-state index in [1.54, 1.807) is 12.1 Å². The lowest BCUT2D eigenvalue weighted by atomic mass is 9.94. The normalized spacial score (nSPS) is 16.6. The van der Waals surface area contributed by atoms with Gasteiger partial charge in [-0.25, -0.2) is 0 Å². The van der Waals surface area contributed by atoms with E-state index in [1.165, 1.54) is 0 Å². The molecule has 7 heteroatoms. The van der Waals surface area contributed by atoms with E-state index in [-0.39, 0.29) is 17.4 Å². The highest BCUT2D eigenvalue weighted by atomic mass is 35.5. The van der Waals surface area contributed by atoms with Gasteiger partial charge >= 0.3 is 0 Å². The summed E-state index contributed by atoms with van der Waals surface area (Å²) in [6.45, 7) is 8.33. The maximum absolute atomic E-state index is 12.3. The summed E-state index contributed by atoms with van der Waals surface area (Å²) in [5.41, 5.74) is 0.692. The molecule has 2 heterocycles. The van der Waals surface area contributed by atoms with Crippen molar-refractivity contribution in [3.8, 4) is 11.4 Å². The monoisotopic (exact) mass is 376 g/mol. The highest BCUT2D eigenvalue weighted by molar-refractivity contribution is 6.30. The number of hydrogen-bond acceptors (Lipinski definition) is 5. The summed E-state index contributed by atoms with van der Waals surface area (Å²) >= 11 is 5.90. The molecule has 140 valence electrons. The molecule has 1 aliphatic heterocycles. The number of carbonyl (C=O) groups excluding carboxylic acids is 1. The molecule has 1 N–H and O–H groups in total. The van der Waals surface area contributed by atoms with Gasteiger partial charge in [0, 0.05) is 22.0 Å². The van der Waals surface area contributed by atoms with Crippen molar-refractivity contribution in [1.82, 2.24) is 20.4 Å². The van der Waals surface area contributed by atoms with Crippen LogP contribution in [-0.2, 0) is 11.3 Å². The molecule has 0 saturated carbocycles. The Morgan fingerprint density at radius 1 is 1.27 bits per heavy atom. The maximum Gasteiger partial charge on any atom is 0.241 e. The first-order valence-corrected chi connectivity index (χ1v) is 9.31. The molecule has 0 unspecified atom stereocenters. The third kappa shape index (κ3) is 5.05. The van der Waals surface area contributed by atoms with Crippen LogP contribution in [0.4, 0.5) is 0 Å². The Morgan fingerprint density at radius 2 is 1.92 bits per heavy atom. The number of benzene rings is 1. The van der Waals surface area contributed by atoms with Gasteiger partial charge < -0.3 is 9.84 Å². The van der Waals surface area contributed by atoms with Gasteiger partial charge in [0.1, 0.15) is 0 Å². The van der Waals surface area contributed by atoms with Crippen LogP contribution in [0, 0.1) is 5.92 Å². The van der Waals surface area contributed by atoms with Gasteiger partial charge in [0.2, 0.25) is 17.6 Å². The Hall–Kier alpha value is -1.92. The summed E-state index contributed by atoms with van der Waals surface area (Å²) in [4.78, 5) is 19.0. The van der Waals surface area contributed by atoms with Crippen LogP contribution in [0.1, 0.15) is 39.5 Å². The summed E-state index contributed by atoms with van der Waals surface area (Å²) in [5.74, 6) is 1.39. The van der Waals surface area contributed by atoms with Crippen molar-refractivity contribution in [2.45, 2.75) is 45.7 Å². The molecular weight excluding hydrogens is 352 g/mol. The molecule has 26 heavy (non-hydrogen) atoms. The molecule has 1 fully saturated rings. The molecule has 6 nitrogen and oxygen atoms in total. The predicted octanol–water partition coefficient (Wildman–Crippen LogP) is 3.52. The van der Waals surface area contributed by atoms with Crippen molar-refractivity contribution < 1.29 is 9.32 Å². The number of halogens is 1. The fraction of sp³-hybridized carbons (Fsp3) is 0.526. The van der Waals surface area contributed by atoms with Gasteiger partial charge in [-0.2, -0.15) is 4.98 Å². The lowest BCUT2D eigenvalue weighted by Crippen LogP contribution is -2.46. The van der Waals surface area contributed by atoms with Crippen LogP contribution < -0.4 is 5.32 Å². The Morgan fingerprint density at radius 3 is 2.54 bits per heavy atom. The minimum absolute atomic E-state index is 0.0813. The summed E-state index contributed by atoms with van der Waals surface area (Å²) in [6, 6.07) is 7.35. The number of piperidine rings is 1. The van der Waals surface area contributed by atoms with Gasteiger partial charge in [-0.1, -0.05) is 16.8 Å². The van der Waals surface area contributed by atoms with E-state index in [4.69, 9.17) is 16.1 Å². The molecule has 0 radical (unpaired) electrons. The fourth-order valence-corrected chi connectivity index (χ4v) is 3.18. The third-order valence-corrected chi connectivity index (χ3v) is 4.64. The van der Waals surface area contributed by atoms with E-state index in [0.717, 1.165) is 31.5 Å². The van der Waals surface area contributed by atoms with E-state index < -0.39 is 0 Å². The van der Waals surface area contributed by atoms with E-state index in [2.05, 4.69) is 20.4 Å². The first kappa shape index (κ1) is 18.9. The highest BCUT2D eigenvalue weighted by Gasteiger charge is 2.28. The van der Waals surface area contributed by atoms with Crippen LogP contribution >= 0.6 is 11.6 Å². The smallest absolute Gasteiger partial charge is 0.241 e. The van der Waals surface area contributed by atoms with Crippen molar-refractivity contribution in [3.63, 3.8) is 0 Å². The van der Waals surface area contributed by atoms with Crippen LogP contribution in [0.25, 0.3) is 11.4 Å². The van der Waals surface area contributed by atoms with Crippen molar-refractivity contribution in [3.05, 3.63) is 35.2 Å². The van der Waals surface area contributed by atoms with Gasteiger partial charge in [0.05, 0.1) is 6.54 Å². The molecule has 2 aromatic rings. The molecule has 1 aromatic heterocycles. The first-order valence-electron chi connectivity index (χ1n) is 8.93. The zero-order valence-electron chi connectivity index (χ0n) is 15.5. The number of hydrogen-bond donors (Lipinski definition) is 1. The molecular formula is C19H25ClN4O2. The van der Waals surface area contributed by atoms with Crippen LogP contribution in [0.3, 0.4) is 0 Å². The zero-order valence-corrected chi connectivity index (χ0v) is 16.2. The van der Waals surface area contributed by atoms with E-state index >= 15 is 0 Å².